The van der Waals surface area contributed by atoms with E-state index in [1.165, 1.54) is 11.3 Å². The molecule has 1 heterocycles. The Balaban J connectivity index is 1.28. The van der Waals surface area contributed by atoms with Crippen LogP contribution in [-0.2, 0) is 4.79 Å². The second kappa shape index (κ2) is 10.4. The van der Waals surface area contributed by atoms with Gasteiger partial charge in [-0.25, -0.2) is 13.2 Å². The Morgan fingerprint density at radius 3 is 2.39 bits per heavy atom. The number of anilines is 3. The molecular weight excluding hydrogens is 473 g/mol. The summed E-state index contributed by atoms with van der Waals surface area (Å²) in [5.41, 5.74) is 0.341. The predicted molar refractivity (Wildman–Crippen MR) is 122 cm³/mol. The van der Waals surface area contributed by atoms with Gasteiger partial charge >= 0.3 is 0 Å². The number of rotatable bonds is 8. The molecule has 0 unspecified atom stereocenters. The van der Waals surface area contributed by atoms with Gasteiger partial charge in [-0.1, -0.05) is 41.3 Å². The molecule has 4 aromatic rings. The smallest absolute Gasteiger partial charge is 0.234 e. The van der Waals surface area contributed by atoms with Gasteiger partial charge in [0.1, 0.15) is 11.5 Å². The van der Waals surface area contributed by atoms with Crippen LogP contribution in [0.4, 0.5) is 29.7 Å². The van der Waals surface area contributed by atoms with E-state index in [-0.39, 0.29) is 5.75 Å². The Morgan fingerprint density at radius 1 is 0.909 bits per heavy atom. The van der Waals surface area contributed by atoms with Crippen molar-refractivity contribution in [3.8, 4) is 11.5 Å². The molecule has 0 radical (unpaired) electrons. The maximum Gasteiger partial charge on any atom is 0.234 e. The number of carbonyl (C=O) groups is 1. The molecule has 0 aliphatic carbocycles. The van der Waals surface area contributed by atoms with Crippen molar-refractivity contribution in [2.24, 2.45) is 0 Å². The Bertz CT molecular complexity index is 1250. The van der Waals surface area contributed by atoms with Crippen LogP contribution in [0.1, 0.15) is 0 Å². The Labute approximate surface area is 194 Å². The zero-order valence-corrected chi connectivity index (χ0v) is 18.4. The Morgan fingerprint density at radius 2 is 1.64 bits per heavy atom. The van der Waals surface area contributed by atoms with Crippen molar-refractivity contribution in [1.82, 2.24) is 10.2 Å². The third kappa shape index (κ3) is 6.02. The molecule has 6 nitrogen and oxygen atoms in total. The molecule has 1 amide bonds. The highest BCUT2D eigenvalue weighted by molar-refractivity contribution is 8.01. The van der Waals surface area contributed by atoms with Gasteiger partial charge in [0, 0.05) is 5.69 Å². The molecule has 0 saturated heterocycles. The van der Waals surface area contributed by atoms with Crippen LogP contribution in [0.25, 0.3) is 0 Å². The van der Waals surface area contributed by atoms with E-state index in [0.717, 1.165) is 35.3 Å². The number of hydrogen-bond acceptors (Lipinski definition) is 7. The fourth-order valence-electron chi connectivity index (χ4n) is 2.61. The van der Waals surface area contributed by atoms with E-state index in [1.54, 1.807) is 0 Å². The highest BCUT2D eigenvalue weighted by Crippen LogP contribution is 2.29. The van der Waals surface area contributed by atoms with Crippen LogP contribution in [-0.4, -0.2) is 21.9 Å². The summed E-state index contributed by atoms with van der Waals surface area (Å²) in [6.07, 6.45) is 0. The lowest BCUT2D eigenvalue weighted by Crippen LogP contribution is -2.15. The molecule has 4 rings (SSSR count). The number of halogens is 3. The first kappa shape index (κ1) is 22.6. The SMILES string of the molecule is O=C(CSc1nnc(Nc2ccc(Oc3ccccc3)cc2)s1)Nc1ccc(F)c(F)c1F. The second-order valence-electron chi connectivity index (χ2n) is 6.50. The topological polar surface area (TPSA) is 76.1 Å². The fourth-order valence-corrected chi connectivity index (χ4v) is 4.18. The first-order valence-corrected chi connectivity index (χ1v) is 11.3. The highest BCUT2D eigenvalue weighted by atomic mass is 32.2. The average Bonchev–Trinajstić information content (AvgIpc) is 3.27. The standard InChI is InChI=1S/C22H15F3N4O2S2/c23-16-10-11-17(20(25)19(16)24)27-18(30)12-32-22-29-28-21(33-22)26-13-6-8-15(9-7-13)31-14-4-2-1-3-5-14/h1-11H,12H2,(H,26,28)(H,27,30). The number of para-hydroxylation sites is 1. The Hall–Kier alpha value is -3.57. The minimum atomic E-state index is -1.64. The molecule has 0 aliphatic heterocycles. The van der Waals surface area contributed by atoms with Gasteiger partial charge in [-0.15, -0.1) is 10.2 Å². The number of ether oxygens (including phenoxy) is 1. The molecule has 0 saturated carbocycles. The summed E-state index contributed by atoms with van der Waals surface area (Å²) >= 11 is 2.30. The maximum atomic E-state index is 13.7. The van der Waals surface area contributed by atoms with Gasteiger partial charge in [0.05, 0.1) is 11.4 Å². The lowest BCUT2D eigenvalue weighted by molar-refractivity contribution is -0.113. The van der Waals surface area contributed by atoms with Crippen molar-refractivity contribution in [2.75, 3.05) is 16.4 Å². The normalized spacial score (nSPS) is 10.6. The number of nitrogens with zero attached hydrogens (tertiary/aromatic N) is 2. The predicted octanol–water partition coefficient (Wildman–Crippen LogP) is 6.22. The minimum absolute atomic E-state index is 0.113. The second-order valence-corrected chi connectivity index (χ2v) is 8.70. The van der Waals surface area contributed by atoms with Crippen LogP contribution < -0.4 is 15.4 Å². The molecule has 168 valence electrons. The summed E-state index contributed by atoms with van der Waals surface area (Å²) in [5.74, 6) is -3.70. The van der Waals surface area contributed by atoms with Crippen LogP contribution >= 0.6 is 23.1 Å². The summed E-state index contributed by atoms with van der Waals surface area (Å²) < 4.78 is 46.1. The van der Waals surface area contributed by atoms with Gasteiger partial charge < -0.3 is 15.4 Å². The van der Waals surface area contributed by atoms with E-state index < -0.39 is 29.0 Å². The zero-order chi connectivity index (χ0) is 23.2. The van der Waals surface area contributed by atoms with Crippen molar-refractivity contribution >= 4 is 45.5 Å². The maximum absolute atomic E-state index is 13.7. The molecular formula is C22H15F3N4O2S2. The first-order chi connectivity index (χ1) is 16.0. The van der Waals surface area contributed by atoms with Gasteiger partial charge in [0.25, 0.3) is 0 Å². The van der Waals surface area contributed by atoms with E-state index in [1.807, 2.05) is 54.6 Å². The third-order valence-corrected chi connectivity index (χ3v) is 6.10. The Kier molecular flexibility index (Phi) is 7.10. The summed E-state index contributed by atoms with van der Waals surface area (Å²) in [4.78, 5) is 12.0. The molecule has 0 spiro atoms. The largest absolute Gasteiger partial charge is 0.457 e. The molecule has 33 heavy (non-hydrogen) atoms. The zero-order valence-electron chi connectivity index (χ0n) is 16.7. The van der Waals surface area contributed by atoms with E-state index in [9.17, 15) is 18.0 Å². The number of nitrogens with one attached hydrogen (secondary N) is 2. The number of amides is 1. The van der Waals surface area contributed by atoms with Gasteiger partial charge in [-0.3, -0.25) is 4.79 Å². The van der Waals surface area contributed by atoms with E-state index in [0.29, 0.717) is 15.2 Å². The van der Waals surface area contributed by atoms with Gasteiger partial charge in [0.2, 0.25) is 11.0 Å². The van der Waals surface area contributed by atoms with Gasteiger partial charge in [-0.2, -0.15) is 0 Å². The fraction of sp³-hybridized carbons (Fsp3) is 0.0455. The number of hydrogen-bond donors (Lipinski definition) is 2. The van der Waals surface area contributed by atoms with Crippen LogP contribution in [0.2, 0.25) is 0 Å². The van der Waals surface area contributed by atoms with Gasteiger partial charge in [0.15, 0.2) is 21.8 Å². The summed E-state index contributed by atoms with van der Waals surface area (Å²) in [6, 6.07) is 18.4. The quantitative estimate of drug-likeness (QED) is 0.226. The molecule has 3 aromatic carbocycles. The van der Waals surface area contributed by atoms with Crippen LogP contribution in [0.3, 0.4) is 0 Å². The lowest BCUT2D eigenvalue weighted by atomic mass is 10.3. The average molecular weight is 489 g/mol. The summed E-state index contributed by atoms with van der Waals surface area (Å²) in [7, 11) is 0. The molecule has 0 aliphatic rings. The number of benzene rings is 3. The monoisotopic (exact) mass is 488 g/mol. The molecule has 0 fully saturated rings. The van der Waals surface area contributed by atoms with Crippen molar-refractivity contribution in [2.45, 2.75) is 4.34 Å². The van der Waals surface area contributed by atoms with E-state index in [4.69, 9.17) is 4.74 Å². The molecule has 0 bridgehead atoms. The van der Waals surface area contributed by atoms with E-state index in [2.05, 4.69) is 20.8 Å². The first-order valence-electron chi connectivity index (χ1n) is 9.47. The van der Waals surface area contributed by atoms with Crippen LogP contribution in [0.15, 0.2) is 71.1 Å². The molecule has 1 aromatic heterocycles. The van der Waals surface area contributed by atoms with Crippen molar-refractivity contribution in [3.63, 3.8) is 0 Å². The highest BCUT2D eigenvalue weighted by Gasteiger charge is 2.16. The number of thioether (sulfide) groups is 1. The van der Waals surface area contributed by atoms with Crippen molar-refractivity contribution in [3.05, 3.63) is 84.2 Å². The van der Waals surface area contributed by atoms with Crippen LogP contribution in [0.5, 0.6) is 11.5 Å². The summed E-state index contributed by atoms with van der Waals surface area (Å²) in [6.45, 7) is 0. The van der Waals surface area contributed by atoms with Crippen molar-refractivity contribution in [1.29, 1.82) is 0 Å². The minimum Gasteiger partial charge on any atom is -0.457 e. The van der Waals surface area contributed by atoms with Crippen LogP contribution in [0, 0.1) is 17.5 Å². The number of aromatic nitrogens is 2. The molecule has 2 N–H and O–H groups in total. The molecule has 11 heteroatoms. The van der Waals surface area contributed by atoms with Crippen molar-refractivity contribution < 1.29 is 22.7 Å². The third-order valence-electron chi connectivity index (χ3n) is 4.13. The summed E-state index contributed by atoms with van der Waals surface area (Å²) in [5, 5.41) is 13.8. The van der Waals surface area contributed by atoms with E-state index >= 15 is 0 Å². The molecule has 0 atom stereocenters. The number of carbonyl (C=O) groups excluding carboxylic acids is 1. The van der Waals surface area contributed by atoms with Gasteiger partial charge in [-0.05, 0) is 48.5 Å². The lowest BCUT2D eigenvalue weighted by Gasteiger charge is -2.07.